The van der Waals surface area contributed by atoms with Crippen molar-refractivity contribution in [3.05, 3.63) is 47.7 Å². The van der Waals surface area contributed by atoms with Gasteiger partial charge in [0.15, 0.2) is 5.52 Å². The highest BCUT2D eigenvalue weighted by Gasteiger charge is 2.26. The molecule has 2 aromatic heterocycles. The summed E-state index contributed by atoms with van der Waals surface area (Å²) in [6, 6.07) is 10.0. The molecule has 3 aromatic rings. The molecular formula is C19H21N5O3S. The Balaban J connectivity index is 1.62. The molecular weight excluding hydrogens is 378 g/mol. The topological polar surface area (TPSA) is 120 Å². The number of fused-ring (bicyclic) bond motifs is 1. The molecule has 8 nitrogen and oxygen atoms in total. The molecule has 0 aliphatic heterocycles. The molecule has 0 unspecified atom stereocenters. The number of hydrogen-bond acceptors (Lipinski definition) is 7. The Bertz CT molecular complexity index is 1130. The van der Waals surface area contributed by atoms with Crippen LogP contribution in [0.25, 0.3) is 11.0 Å². The highest BCUT2D eigenvalue weighted by Crippen LogP contribution is 2.31. The van der Waals surface area contributed by atoms with Gasteiger partial charge < -0.3 is 10.1 Å². The summed E-state index contributed by atoms with van der Waals surface area (Å²) in [5.41, 5.74) is 3.11. The Hall–Kier alpha value is -2.78. The Labute approximate surface area is 163 Å². The maximum atomic E-state index is 11.4. The number of aryl methyl sites for hydroxylation is 1. The van der Waals surface area contributed by atoms with Crippen molar-refractivity contribution in [2.75, 3.05) is 5.32 Å². The largest absolute Gasteiger partial charge is 0.473 e. The summed E-state index contributed by atoms with van der Waals surface area (Å²) in [5.74, 6) is 0.910. The normalized spacial score (nSPS) is 15.4. The van der Waals surface area contributed by atoms with E-state index in [2.05, 4.69) is 20.3 Å². The summed E-state index contributed by atoms with van der Waals surface area (Å²) < 4.78 is 28.8. The van der Waals surface area contributed by atoms with Gasteiger partial charge in [0.2, 0.25) is 21.9 Å². The quantitative estimate of drug-likeness (QED) is 0.654. The molecule has 1 atom stereocenters. The highest BCUT2D eigenvalue weighted by molar-refractivity contribution is 7.89. The fourth-order valence-electron chi connectivity index (χ4n) is 2.80. The van der Waals surface area contributed by atoms with Crippen molar-refractivity contribution in [2.45, 2.75) is 43.7 Å². The van der Waals surface area contributed by atoms with Crippen molar-refractivity contribution in [3.63, 3.8) is 0 Å². The minimum atomic E-state index is -3.71. The van der Waals surface area contributed by atoms with E-state index in [4.69, 9.17) is 9.88 Å². The summed E-state index contributed by atoms with van der Waals surface area (Å²) in [7, 11) is -3.71. The molecule has 1 aliphatic rings. The predicted molar refractivity (Wildman–Crippen MR) is 106 cm³/mol. The van der Waals surface area contributed by atoms with Crippen LogP contribution in [0.3, 0.4) is 0 Å². The summed E-state index contributed by atoms with van der Waals surface area (Å²) in [6.45, 7) is 3.86. The molecule has 0 spiro atoms. The van der Waals surface area contributed by atoms with Crippen LogP contribution in [0.2, 0.25) is 0 Å². The van der Waals surface area contributed by atoms with Crippen molar-refractivity contribution in [2.24, 2.45) is 5.14 Å². The monoisotopic (exact) mass is 399 g/mol. The van der Waals surface area contributed by atoms with Gasteiger partial charge in [0, 0.05) is 5.69 Å². The minimum Gasteiger partial charge on any atom is -0.473 e. The van der Waals surface area contributed by atoms with E-state index >= 15 is 0 Å². The Morgan fingerprint density at radius 2 is 1.82 bits per heavy atom. The number of anilines is 1. The SMILES string of the molecule is Cc1ccc2nc(N[C@H](C)c3ccc(S(N)(=O)=O)cc3)nc(OC3CC3)c2n1. The number of aromatic nitrogens is 3. The van der Waals surface area contributed by atoms with Crippen LogP contribution in [0.5, 0.6) is 5.88 Å². The van der Waals surface area contributed by atoms with E-state index in [1.165, 1.54) is 12.1 Å². The summed E-state index contributed by atoms with van der Waals surface area (Å²) in [4.78, 5) is 13.7. The molecule has 2 heterocycles. The molecule has 146 valence electrons. The Morgan fingerprint density at radius 1 is 1.11 bits per heavy atom. The minimum absolute atomic E-state index is 0.0759. The lowest BCUT2D eigenvalue weighted by molar-refractivity contribution is 0.294. The number of nitrogens with zero attached hydrogens (tertiary/aromatic N) is 3. The molecule has 4 rings (SSSR count). The molecule has 1 aliphatic carbocycles. The van der Waals surface area contributed by atoms with E-state index in [1.54, 1.807) is 12.1 Å². The zero-order valence-corrected chi connectivity index (χ0v) is 16.4. The maximum Gasteiger partial charge on any atom is 0.245 e. The van der Waals surface area contributed by atoms with Crippen molar-refractivity contribution in [1.29, 1.82) is 0 Å². The fraction of sp³-hybridized carbons (Fsp3) is 0.316. The zero-order chi connectivity index (χ0) is 19.9. The molecule has 1 fully saturated rings. The Morgan fingerprint density at radius 3 is 2.46 bits per heavy atom. The van der Waals surface area contributed by atoms with Gasteiger partial charge >= 0.3 is 0 Å². The van der Waals surface area contributed by atoms with Gasteiger partial charge in [-0.3, -0.25) is 0 Å². The maximum absolute atomic E-state index is 11.4. The molecule has 1 aromatic carbocycles. The summed E-state index contributed by atoms with van der Waals surface area (Å²) in [6.07, 6.45) is 2.23. The van der Waals surface area contributed by atoms with Crippen molar-refractivity contribution in [3.8, 4) is 5.88 Å². The molecule has 3 N–H and O–H groups in total. The van der Waals surface area contributed by atoms with E-state index in [-0.39, 0.29) is 17.0 Å². The number of sulfonamides is 1. The van der Waals surface area contributed by atoms with Crippen LogP contribution in [0.4, 0.5) is 5.95 Å². The smallest absolute Gasteiger partial charge is 0.245 e. The molecule has 28 heavy (non-hydrogen) atoms. The second-order valence-electron chi connectivity index (χ2n) is 6.97. The lowest BCUT2D eigenvalue weighted by Gasteiger charge is -2.16. The third kappa shape index (κ3) is 4.05. The van der Waals surface area contributed by atoms with Gasteiger partial charge in [-0.2, -0.15) is 4.98 Å². The number of nitrogens with two attached hydrogens (primary N) is 1. The molecule has 9 heteroatoms. The second kappa shape index (κ2) is 6.99. The average Bonchev–Trinajstić information content (AvgIpc) is 3.46. The van der Waals surface area contributed by atoms with Gasteiger partial charge in [-0.15, -0.1) is 0 Å². The van der Waals surface area contributed by atoms with Crippen LogP contribution in [0, 0.1) is 6.92 Å². The average molecular weight is 399 g/mol. The van der Waals surface area contributed by atoms with Crippen molar-refractivity contribution >= 4 is 27.0 Å². The van der Waals surface area contributed by atoms with Crippen molar-refractivity contribution < 1.29 is 13.2 Å². The van der Waals surface area contributed by atoms with E-state index in [0.717, 1.165) is 24.1 Å². The number of ether oxygens (including phenoxy) is 1. The first-order valence-electron chi connectivity index (χ1n) is 9.01. The predicted octanol–water partition coefficient (Wildman–Crippen LogP) is 2.69. The molecule has 0 saturated heterocycles. The second-order valence-corrected chi connectivity index (χ2v) is 8.53. The van der Waals surface area contributed by atoms with Crippen LogP contribution in [0.15, 0.2) is 41.3 Å². The van der Waals surface area contributed by atoms with Crippen LogP contribution >= 0.6 is 0 Å². The van der Waals surface area contributed by atoms with Gasteiger partial charge in [-0.1, -0.05) is 12.1 Å². The van der Waals surface area contributed by atoms with Gasteiger partial charge in [0.05, 0.1) is 16.5 Å². The summed E-state index contributed by atoms with van der Waals surface area (Å²) in [5, 5.41) is 8.39. The van der Waals surface area contributed by atoms with Crippen LogP contribution < -0.4 is 15.2 Å². The highest BCUT2D eigenvalue weighted by atomic mass is 32.2. The number of hydrogen-bond donors (Lipinski definition) is 2. The lowest BCUT2D eigenvalue weighted by atomic mass is 10.1. The van der Waals surface area contributed by atoms with Crippen LogP contribution in [0.1, 0.15) is 37.1 Å². The van der Waals surface area contributed by atoms with Gasteiger partial charge in [0.1, 0.15) is 6.10 Å². The van der Waals surface area contributed by atoms with E-state index < -0.39 is 10.0 Å². The summed E-state index contributed by atoms with van der Waals surface area (Å²) >= 11 is 0. The number of primary sulfonamides is 1. The molecule has 0 bridgehead atoms. The molecule has 0 amide bonds. The van der Waals surface area contributed by atoms with Gasteiger partial charge in [-0.05, 0) is 56.5 Å². The van der Waals surface area contributed by atoms with E-state index in [1.807, 2.05) is 26.0 Å². The first-order valence-corrected chi connectivity index (χ1v) is 10.6. The zero-order valence-electron chi connectivity index (χ0n) is 15.6. The van der Waals surface area contributed by atoms with E-state index in [9.17, 15) is 8.42 Å². The number of pyridine rings is 1. The molecule has 0 radical (unpaired) electrons. The lowest BCUT2D eigenvalue weighted by Crippen LogP contribution is -2.13. The van der Waals surface area contributed by atoms with Gasteiger partial charge in [0.25, 0.3) is 0 Å². The molecule has 1 saturated carbocycles. The van der Waals surface area contributed by atoms with Crippen LogP contribution in [-0.2, 0) is 10.0 Å². The number of benzene rings is 1. The third-order valence-corrected chi connectivity index (χ3v) is 5.44. The number of nitrogens with one attached hydrogen (secondary N) is 1. The first kappa shape index (κ1) is 18.6. The standard InChI is InChI=1S/C19H21N5O3S/c1-11-3-10-16-17(21-11)18(27-14-6-7-14)24-19(23-16)22-12(2)13-4-8-15(9-5-13)28(20,25)26/h3-5,8-10,12,14H,6-7H2,1-2H3,(H2,20,25,26)(H,22,23,24)/t12-/m1/s1. The van der Waals surface area contributed by atoms with Crippen LogP contribution in [-0.4, -0.2) is 29.5 Å². The van der Waals surface area contributed by atoms with Crippen molar-refractivity contribution in [1.82, 2.24) is 15.0 Å². The van der Waals surface area contributed by atoms with Gasteiger partial charge in [-0.25, -0.2) is 23.5 Å². The van der Waals surface area contributed by atoms with E-state index in [0.29, 0.717) is 22.9 Å². The Kier molecular flexibility index (Phi) is 4.64. The fourth-order valence-corrected chi connectivity index (χ4v) is 3.31. The number of rotatable bonds is 6. The third-order valence-electron chi connectivity index (χ3n) is 4.51. The first-order chi connectivity index (χ1) is 13.3.